The fraction of sp³-hybridized carbons (Fsp3) is 1.00. The van der Waals surface area contributed by atoms with Crippen molar-refractivity contribution in [1.82, 2.24) is 9.80 Å². The lowest BCUT2D eigenvalue weighted by Gasteiger charge is -2.60. The summed E-state index contributed by atoms with van der Waals surface area (Å²) in [7, 11) is 0. The molecule has 3 rings (SSSR count). The highest BCUT2D eigenvalue weighted by atomic mass is 127. The van der Waals surface area contributed by atoms with Crippen LogP contribution in [0.1, 0.15) is 19.3 Å². The fourth-order valence-corrected chi connectivity index (χ4v) is 3.45. The molecular weight excluding hydrogens is 279 g/mol. The van der Waals surface area contributed by atoms with Crippen LogP contribution in [0, 0.1) is 0 Å². The van der Waals surface area contributed by atoms with Crippen LogP contribution in [-0.4, -0.2) is 47.7 Å². The van der Waals surface area contributed by atoms with Crippen molar-refractivity contribution in [3.8, 4) is 0 Å². The van der Waals surface area contributed by atoms with Gasteiger partial charge in [-0.1, -0.05) is 0 Å². The predicted octanol–water partition coefficient (Wildman–Crippen LogP) is 1.23. The van der Waals surface area contributed by atoms with Crippen molar-refractivity contribution in [2.75, 3.05) is 26.2 Å². The van der Waals surface area contributed by atoms with Gasteiger partial charge in [0, 0.05) is 25.7 Å². The number of rotatable bonds is 3. The molecule has 2 unspecified atom stereocenters. The molecule has 4 heteroatoms. The third-order valence-corrected chi connectivity index (χ3v) is 4.50. The molecule has 13 heavy (non-hydrogen) atoms. The molecule has 0 aromatic heterocycles. The minimum absolute atomic E-state index is 0.552. The molecule has 3 aliphatic rings. The lowest BCUT2D eigenvalue weighted by molar-refractivity contribution is -0.147. The van der Waals surface area contributed by atoms with E-state index in [9.17, 15) is 0 Å². The second kappa shape index (κ2) is 3.05. The summed E-state index contributed by atoms with van der Waals surface area (Å²) < 4.78 is 5.12. The Morgan fingerprint density at radius 2 is 2.23 bits per heavy atom. The van der Waals surface area contributed by atoms with E-state index in [1.807, 2.05) is 23.0 Å². The van der Waals surface area contributed by atoms with Gasteiger partial charge < -0.3 is 3.07 Å². The second-order valence-corrected chi connectivity index (χ2v) is 5.00. The van der Waals surface area contributed by atoms with Crippen LogP contribution >= 0.6 is 23.0 Å². The Balaban J connectivity index is 1.66. The zero-order chi connectivity index (χ0) is 8.89. The topological polar surface area (TPSA) is 15.7 Å². The standard InChI is InChI=1S/C9H15IN2O/c10-13-6-1-8-7-11-4-2-9(11)3-5-12(8)9/h8H,1-7H2. The largest absolute Gasteiger partial charge is 0.316 e. The van der Waals surface area contributed by atoms with Crippen LogP contribution in [0.4, 0.5) is 0 Å². The van der Waals surface area contributed by atoms with Gasteiger partial charge in [0.15, 0.2) is 0 Å². The monoisotopic (exact) mass is 294 g/mol. The van der Waals surface area contributed by atoms with E-state index in [1.165, 1.54) is 38.9 Å². The quantitative estimate of drug-likeness (QED) is 0.728. The van der Waals surface area contributed by atoms with Crippen LogP contribution in [0.5, 0.6) is 0 Å². The van der Waals surface area contributed by atoms with Crippen molar-refractivity contribution >= 4 is 23.0 Å². The van der Waals surface area contributed by atoms with Gasteiger partial charge in [0.05, 0.1) is 12.3 Å². The average Bonchev–Trinajstić information content (AvgIpc) is 2.17. The molecule has 0 amide bonds. The number of nitrogens with zero attached hydrogens (tertiary/aromatic N) is 2. The van der Waals surface area contributed by atoms with Crippen molar-refractivity contribution in [2.45, 2.75) is 31.0 Å². The van der Waals surface area contributed by atoms with Crippen LogP contribution < -0.4 is 0 Å². The van der Waals surface area contributed by atoms with Gasteiger partial charge in [0.25, 0.3) is 0 Å². The Kier molecular flexibility index (Phi) is 2.08. The van der Waals surface area contributed by atoms with Gasteiger partial charge in [-0.25, -0.2) is 0 Å². The fourth-order valence-electron chi connectivity index (χ4n) is 3.20. The molecule has 0 radical (unpaired) electrons. The Morgan fingerprint density at radius 3 is 2.69 bits per heavy atom. The summed E-state index contributed by atoms with van der Waals surface area (Å²) in [5.41, 5.74) is 0.552. The van der Waals surface area contributed by atoms with Crippen molar-refractivity contribution in [2.24, 2.45) is 0 Å². The highest BCUT2D eigenvalue weighted by Crippen LogP contribution is 2.50. The first-order valence-electron chi connectivity index (χ1n) is 5.12. The molecule has 3 heterocycles. The maximum Gasteiger partial charge on any atom is 0.109 e. The molecular formula is C9H15IN2O. The molecule has 3 nitrogen and oxygen atoms in total. The van der Waals surface area contributed by atoms with Gasteiger partial charge in [-0.05, 0) is 19.3 Å². The van der Waals surface area contributed by atoms with Crippen molar-refractivity contribution in [3.05, 3.63) is 0 Å². The first-order valence-corrected chi connectivity index (χ1v) is 6.00. The molecule has 2 atom stereocenters. The molecule has 0 saturated carbocycles. The van der Waals surface area contributed by atoms with Crippen molar-refractivity contribution in [1.29, 1.82) is 0 Å². The third kappa shape index (κ3) is 1.06. The first kappa shape index (κ1) is 8.88. The van der Waals surface area contributed by atoms with E-state index in [0.29, 0.717) is 5.66 Å². The van der Waals surface area contributed by atoms with Crippen LogP contribution in [0.3, 0.4) is 0 Å². The molecule has 0 bridgehead atoms. The Bertz CT molecular complexity index is 222. The summed E-state index contributed by atoms with van der Waals surface area (Å²) in [5, 5.41) is 0. The summed E-state index contributed by atoms with van der Waals surface area (Å²) in [5.74, 6) is 0. The van der Waals surface area contributed by atoms with Gasteiger partial charge in [-0.2, -0.15) is 0 Å². The van der Waals surface area contributed by atoms with E-state index in [1.54, 1.807) is 0 Å². The zero-order valence-electron chi connectivity index (χ0n) is 7.71. The van der Waals surface area contributed by atoms with Crippen molar-refractivity contribution < 1.29 is 3.07 Å². The number of hydrogen-bond donors (Lipinski definition) is 0. The van der Waals surface area contributed by atoms with Crippen LogP contribution in [0.15, 0.2) is 0 Å². The third-order valence-electron chi connectivity index (χ3n) is 4.06. The highest BCUT2D eigenvalue weighted by molar-refractivity contribution is 14.1. The molecule has 3 saturated heterocycles. The van der Waals surface area contributed by atoms with Gasteiger partial charge in [0.1, 0.15) is 23.0 Å². The molecule has 1 spiro atoms. The van der Waals surface area contributed by atoms with Crippen LogP contribution in [0.25, 0.3) is 0 Å². The van der Waals surface area contributed by atoms with E-state index in [4.69, 9.17) is 3.07 Å². The summed E-state index contributed by atoms with van der Waals surface area (Å²) in [6.07, 6.45) is 4.03. The van der Waals surface area contributed by atoms with Gasteiger partial charge >= 0.3 is 0 Å². The second-order valence-electron chi connectivity index (χ2n) is 4.38. The van der Waals surface area contributed by atoms with Gasteiger partial charge in [-0.15, -0.1) is 0 Å². The Labute approximate surface area is 93.1 Å². The SMILES string of the molecule is IOCCC1CN2CCC23CCN13. The summed E-state index contributed by atoms with van der Waals surface area (Å²) in [4.78, 5) is 5.36. The highest BCUT2D eigenvalue weighted by Gasteiger charge is 2.61. The smallest absolute Gasteiger partial charge is 0.109 e. The lowest BCUT2D eigenvalue weighted by atomic mass is 9.84. The van der Waals surface area contributed by atoms with E-state index >= 15 is 0 Å². The molecule has 74 valence electrons. The number of halogens is 1. The molecule has 0 aromatic rings. The van der Waals surface area contributed by atoms with E-state index in [0.717, 1.165) is 12.6 Å². The van der Waals surface area contributed by atoms with E-state index in [-0.39, 0.29) is 0 Å². The minimum Gasteiger partial charge on any atom is -0.316 e. The maximum absolute atomic E-state index is 5.12. The minimum atomic E-state index is 0.552. The summed E-state index contributed by atoms with van der Waals surface area (Å²) in [6.45, 7) is 4.85. The molecule has 0 aromatic carbocycles. The normalized spacial score (nSPS) is 43.6. The Hall–Kier alpha value is 0.610. The van der Waals surface area contributed by atoms with Crippen molar-refractivity contribution in [3.63, 3.8) is 0 Å². The molecule has 0 N–H and O–H groups in total. The predicted molar refractivity (Wildman–Crippen MR) is 58.6 cm³/mol. The van der Waals surface area contributed by atoms with E-state index < -0.39 is 0 Å². The maximum atomic E-state index is 5.12. The molecule has 3 fully saturated rings. The number of hydrogen-bond acceptors (Lipinski definition) is 3. The summed E-state index contributed by atoms with van der Waals surface area (Å²) in [6, 6.07) is 0.783. The summed E-state index contributed by atoms with van der Waals surface area (Å²) >= 11 is 2.00. The van der Waals surface area contributed by atoms with Crippen LogP contribution in [0.2, 0.25) is 0 Å². The van der Waals surface area contributed by atoms with E-state index in [2.05, 4.69) is 9.80 Å². The van der Waals surface area contributed by atoms with Gasteiger partial charge in [0.2, 0.25) is 0 Å². The molecule has 0 aliphatic carbocycles. The lowest BCUT2D eigenvalue weighted by Crippen LogP contribution is -2.70. The average molecular weight is 294 g/mol. The van der Waals surface area contributed by atoms with Gasteiger partial charge in [-0.3, -0.25) is 9.80 Å². The molecule has 3 aliphatic heterocycles. The van der Waals surface area contributed by atoms with Crippen LogP contribution in [-0.2, 0) is 3.07 Å². The zero-order valence-corrected chi connectivity index (χ0v) is 9.87. The Morgan fingerprint density at radius 1 is 1.38 bits per heavy atom. The first-order chi connectivity index (χ1) is 6.37.